The molecular formula is C48H90NO8P. The quantitative estimate of drug-likeness (QED) is 0.0239. The van der Waals surface area contributed by atoms with Crippen LogP contribution >= 0.6 is 7.82 Å². The van der Waals surface area contributed by atoms with Crippen LogP contribution in [0.3, 0.4) is 0 Å². The molecule has 0 saturated carbocycles. The molecule has 0 aromatic rings. The van der Waals surface area contributed by atoms with E-state index in [2.05, 4.69) is 55.6 Å². The van der Waals surface area contributed by atoms with Gasteiger partial charge in [-0.3, -0.25) is 18.6 Å². The minimum Gasteiger partial charge on any atom is -0.463 e. The Morgan fingerprint density at radius 2 is 0.931 bits per heavy atom. The molecule has 0 fully saturated rings. The number of nitrogens with one attached hydrogen (secondary N) is 1. The summed E-state index contributed by atoms with van der Waals surface area (Å²) in [5.74, 6) is -0.521. The van der Waals surface area contributed by atoms with Crippen LogP contribution in [0.25, 0.3) is 0 Å². The van der Waals surface area contributed by atoms with Crippen molar-refractivity contribution in [3.05, 3.63) is 36.5 Å². The number of allylic oxidation sites excluding steroid dienone is 6. The number of ether oxygens (including phenoxy) is 1. The first-order valence-corrected chi connectivity index (χ1v) is 25.5. The van der Waals surface area contributed by atoms with E-state index >= 15 is 0 Å². The number of hydrogen-bond donors (Lipinski definition) is 3. The van der Waals surface area contributed by atoms with Crippen molar-refractivity contribution in [3.63, 3.8) is 0 Å². The molecule has 10 heteroatoms. The molecule has 0 bridgehead atoms. The highest BCUT2D eigenvalue weighted by Gasteiger charge is 2.23. The van der Waals surface area contributed by atoms with Crippen molar-refractivity contribution in [2.75, 3.05) is 26.4 Å². The highest BCUT2D eigenvalue weighted by atomic mass is 31.2. The van der Waals surface area contributed by atoms with Crippen LogP contribution in [0.1, 0.15) is 226 Å². The van der Waals surface area contributed by atoms with Crippen LogP contribution in [0.2, 0.25) is 0 Å². The van der Waals surface area contributed by atoms with Crippen molar-refractivity contribution in [3.8, 4) is 0 Å². The molecule has 0 heterocycles. The molecule has 0 aliphatic heterocycles. The number of rotatable bonds is 45. The topological polar surface area (TPSA) is 131 Å². The summed E-state index contributed by atoms with van der Waals surface area (Å²) in [6.07, 6.45) is 50.8. The molecule has 0 radical (unpaired) electrons. The summed E-state index contributed by atoms with van der Waals surface area (Å²) in [6.45, 7) is 3.53. The highest BCUT2D eigenvalue weighted by Crippen LogP contribution is 2.42. The van der Waals surface area contributed by atoms with Crippen LogP contribution in [0, 0.1) is 0 Å². The Balaban J connectivity index is 3.55. The average Bonchev–Trinajstić information content (AvgIpc) is 3.21. The molecule has 2 atom stereocenters. The summed E-state index contributed by atoms with van der Waals surface area (Å²) in [5, 5.41) is 12.7. The highest BCUT2D eigenvalue weighted by molar-refractivity contribution is 7.47. The van der Waals surface area contributed by atoms with Crippen molar-refractivity contribution in [2.24, 2.45) is 0 Å². The van der Waals surface area contributed by atoms with E-state index in [-0.39, 0.29) is 32.1 Å². The monoisotopic (exact) mass is 840 g/mol. The Bertz CT molecular complexity index is 1050. The van der Waals surface area contributed by atoms with Gasteiger partial charge in [-0.1, -0.05) is 179 Å². The summed E-state index contributed by atoms with van der Waals surface area (Å²) in [5.41, 5.74) is 0. The van der Waals surface area contributed by atoms with Crippen molar-refractivity contribution < 1.29 is 37.9 Å². The van der Waals surface area contributed by atoms with E-state index in [4.69, 9.17) is 13.8 Å². The second-order valence-electron chi connectivity index (χ2n) is 16.1. The van der Waals surface area contributed by atoms with E-state index in [0.29, 0.717) is 6.42 Å². The number of phosphoric acid groups is 1. The lowest BCUT2D eigenvalue weighted by Crippen LogP contribution is -2.27. The van der Waals surface area contributed by atoms with Crippen LogP contribution in [0.15, 0.2) is 36.5 Å². The van der Waals surface area contributed by atoms with Crippen LogP contribution in [0.5, 0.6) is 0 Å². The Kier molecular flexibility index (Phi) is 43.4. The Morgan fingerprint density at radius 1 is 0.534 bits per heavy atom. The minimum atomic E-state index is -4.42. The van der Waals surface area contributed by atoms with Gasteiger partial charge >= 0.3 is 13.8 Å². The van der Waals surface area contributed by atoms with Gasteiger partial charge in [0.25, 0.3) is 0 Å². The predicted octanol–water partition coefficient (Wildman–Crippen LogP) is 13.7. The molecule has 0 spiro atoms. The third kappa shape index (κ3) is 45.3. The molecule has 0 aliphatic carbocycles. The lowest BCUT2D eigenvalue weighted by Gasteiger charge is -2.15. The fourth-order valence-electron chi connectivity index (χ4n) is 6.64. The Labute approximate surface area is 356 Å². The van der Waals surface area contributed by atoms with E-state index in [1.165, 1.54) is 141 Å². The summed E-state index contributed by atoms with van der Waals surface area (Å²) >= 11 is 0. The standard InChI is InChI=1S/C48H90NO8P/c1-3-5-7-9-11-13-15-17-19-20-21-22-23-24-25-26-27-29-31-33-35-37-39-41-48(52)55-44-46(50)45-57-58(53,54)56-43-42-49-47(51)40-38-36-34-32-30-28-18-16-14-12-10-8-6-4-2/h11,13,16-19,46,50H,3-10,12,14-15,20-45H2,1-2H3,(H,49,51)(H,53,54)/b13-11-,18-16-,19-17-. The van der Waals surface area contributed by atoms with Gasteiger partial charge in [0.1, 0.15) is 12.7 Å². The number of carbonyl (C=O) groups excluding carboxylic acids is 2. The van der Waals surface area contributed by atoms with Crippen molar-refractivity contribution in [1.29, 1.82) is 0 Å². The van der Waals surface area contributed by atoms with Gasteiger partial charge < -0.3 is 20.1 Å². The zero-order chi connectivity index (χ0) is 42.5. The van der Waals surface area contributed by atoms with Gasteiger partial charge in [-0.05, 0) is 70.6 Å². The minimum absolute atomic E-state index is 0.0782. The largest absolute Gasteiger partial charge is 0.472 e. The first kappa shape index (κ1) is 56.2. The first-order chi connectivity index (χ1) is 28.3. The zero-order valence-electron chi connectivity index (χ0n) is 37.5. The Hall–Kier alpha value is -1.77. The maximum absolute atomic E-state index is 12.1. The molecule has 0 aromatic carbocycles. The molecule has 0 aliphatic rings. The molecule has 3 N–H and O–H groups in total. The smallest absolute Gasteiger partial charge is 0.463 e. The second kappa shape index (κ2) is 44.8. The fourth-order valence-corrected chi connectivity index (χ4v) is 7.40. The van der Waals surface area contributed by atoms with Crippen molar-refractivity contribution in [1.82, 2.24) is 5.32 Å². The van der Waals surface area contributed by atoms with E-state index in [1.807, 2.05) is 0 Å². The summed E-state index contributed by atoms with van der Waals surface area (Å²) in [4.78, 5) is 34.0. The SMILES string of the molecule is CCCCC/C=C\C/C=C\CCCCCCCCCCCCCCCC(=O)OCC(O)COP(=O)(O)OCCNC(=O)CCCCCCC/C=C\CCCCCCC. The number of esters is 1. The van der Waals surface area contributed by atoms with Gasteiger partial charge in [0.2, 0.25) is 5.91 Å². The third-order valence-corrected chi connectivity index (χ3v) is 11.3. The number of carbonyl (C=O) groups is 2. The summed E-state index contributed by atoms with van der Waals surface area (Å²) in [6, 6.07) is 0. The molecule has 0 aromatic heterocycles. The predicted molar refractivity (Wildman–Crippen MR) is 243 cm³/mol. The van der Waals surface area contributed by atoms with E-state index in [9.17, 15) is 24.2 Å². The van der Waals surface area contributed by atoms with E-state index < -0.39 is 26.5 Å². The number of unbranched alkanes of at least 4 members (excludes halogenated alkanes) is 26. The van der Waals surface area contributed by atoms with Crippen LogP contribution in [-0.4, -0.2) is 54.3 Å². The second-order valence-corrected chi connectivity index (χ2v) is 17.5. The molecule has 0 rings (SSSR count). The van der Waals surface area contributed by atoms with Gasteiger partial charge in [0.15, 0.2) is 0 Å². The van der Waals surface area contributed by atoms with Crippen LogP contribution in [-0.2, 0) is 27.9 Å². The van der Waals surface area contributed by atoms with Crippen molar-refractivity contribution in [2.45, 2.75) is 232 Å². The summed E-state index contributed by atoms with van der Waals surface area (Å²) in [7, 11) is -4.42. The molecular weight excluding hydrogens is 750 g/mol. The van der Waals surface area contributed by atoms with Crippen LogP contribution < -0.4 is 5.32 Å². The number of aliphatic hydroxyl groups is 1. The molecule has 340 valence electrons. The number of phosphoric ester groups is 1. The molecule has 9 nitrogen and oxygen atoms in total. The lowest BCUT2D eigenvalue weighted by molar-refractivity contribution is -0.147. The fraction of sp³-hybridized carbons (Fsp3) is 0.833. The van der Waals surface area contributed by atoms with Gasteiger partial charge in [0.05, 0.1) is 13.2 Å². The van der Waals surface area contributed by atoms with E-state index in [1.54, 1.807) is 0 Å². The number of aliphatic hydroxyl groups excluding tert-OH is 1. The molecule has 2 unspecified atom stereocenters. The maximum Gasteiger partial charge on any atom is 0.472 e. The van der Waals surface area contributed by atoms with Gasteiger partial charge in [-0.25, -0.2) is 4.57 Å². The van der Waals surface area contributed by atoms with Gasteiger partial charge in [0, 0.05) is 19.4 Å². The number of hydrogen-bond acceptors (Lipinski definition) is 7. The zero-order valence-corrected chi connectivity index (χ0v) is 38.4. The Morgan fingerprint density at radius 3 is 1.43 bits per heavy atom. The van der Waals surface area contributed by atoms with E-state index in [0.717, 1.165) is 57.8 Å². The van der Waals surface area contributed by atoms with Gasteiger partial charge in [-0.15, -0.1) is 0 Å². The van der Waals surface area contributed by atoms with Crippen LogP contribution in [0.4, 0.5) is 0 Å². The van der Waals surface area contributed by atoms with Crippen molar-refractivity contribution >= 4 is 19.7 Å². The maximum atomic E-state index is 12.1. The first-order valence-electron chi connectivity index (χ1n) is 24.0. The van der Waals surface area contributed by atoms with Gasteiger partial charge in [-0.2, -0.15) is 0 Å². The lowest BCUT2D eigenvalue weighted by atomic mass is 10.0. The third-order valence-electron chi connectivity index (χ3n) is 10.3. The number of amides is 1. The molecule has 0 saturated heterocycles. The molecule has 1 amide bonds. The summed E-state index contributed by atoms with van der Waals surface area (Å²) < 4.78 is 26.9. The molecule has 58 heavy (non-hydrogen) atoms. The normalized spacial score (nSPS) is 13.5. The average molecular weight is 840 g/mol.